The van der Waals surface area contributed by atoms with Gasteiger partial charge in [-0.1, -0.05) is 6.92 Å². The predicted octanol–water partition coefficient (Wildman–Crippen LogP) is 1.53. The van der Waals surface area contributed by atoms with E-state index < -0.39 is 5.60 Å². The fourth-order valence-corrected chi connectivity index (χ4v) is 3.21. The Morgan fingerprint density at radius 1 is 1.42 bits per heavy atom. The maximum absolute atomic E-state index is 10.7. The average molecular weight is 478 g/mol. The number of hydrogen-bond acceptors (Lipinski definition) is 4. The number of hydrogen-bond donors (Lipinski definition) is 3. The van der Waals surface area contributed by atoms with E-state index in [1.165, 1.54) is 25.9 Å². The highest BCUT2D eigenvalue weighted by molar-refractivity contribution is 14.0. The zero-order valence-electron chi connectivity index (χ0n) is 16.5. The van der Waals surface area contributed by atoms with Crippen LogP contribution in [0, 0.1) is 5.92 Å². The van der Waals surface area contributed by atoms with Crippen molar-refractivity contribution in [3.8, 4) is 0 Å². The van der Waals surface area contributed by atoms with Crippen molar-refractivity contribution in [2.24, 2.45) is 18.0 Å². The van der Waals surface area contributed by atoms with Crippen LogP contribution in [0.3, 0.4) is 0 Å². The number of guanidine groups is 1. The summed E-state index contributed by atoms with van der Waals surface area (Å²) < 4.78 is 1.69. The van der Waals surface area contributed by atoms with Crippen molar-refractivity contribution < 1.29 is 5.11 Å². The summed E-state index contributed by atoms with van der Waals surface area (Å²) in [5, 5.41) is 21.5. The molecular weight excluding hydrogens is 443 g/mol. The van der Waals surface area contributed by atoms with Crippen LogP contribution >= 0.6 is 24.0 Å². The van der Waals surface area contributed by atoms with Gasteiger partial charge in [0, 0.05) is 38.4 Å². The van der Waals surface area contributed by atoms with Gasteiger partial charge in [0.25, 0.3) is 0 Å². The first-order valence-electron chi connectivity index (χ1n) is 9.40. The van der Waals surface area contributed by atoms with Crippen LogP contribution in [0.2, 0.25) is 0 Å². The predicted molar refractivity (Wildman–Crippen MR) is 117 cm³/mol. The summed E-state index contributed by atoms with van der Waals surface area (Å²) in [5.41, 5.74) is -0.248. The molecule has 7 nitrogen and oxygen atoms in total. The van der Waals surface area contributed by atoms with Gasteiger partial charge in [0.05, 0.1) is 12.7 Å². The summed E-state index contributed by atoms with van der Waals surface area (Å²) in [4.78, 5) is 7.11. The number of aliphatic hydroxyl groups is 1. The lowest BCUT2D eigenvalue weighted by Crippen LogP contribution is -2.41. The molecule has 1 saturated heterocycles. The third kappa shape index (κ3) is 7.03. The molecule has 0 saturated carbocycles. The van der Waals surface area contributed by atoms with Crippen LogP contribution in [-0.4, -0.2) is 65.0 Å². The van der Waals surface area contributed by atoms with Gasteiger partial charge >= 0.3 is 0 Å². The van der Waals surface area contributed by atoms with E-state index >= 15 is 0 Å². The van der Waals surface area contributed by atoms with E-state index in [9.17, 15) is 5.11 Å². The van der Waals surface area contributed by atoms with Crippen LogP contribution in [-0.2, 0) is 12.6 Å². The quantitative estimate of drug-likeness (QED) is 0.300. The number of aromatic nitrogens is 2. The fraction of sp³-hybridized carbons (Fsp3) is 0.778. The topological polar surface area (TPSA) is 77.7 Å². The number of rotatable bonds is 8. The Bertz CT molecular complexity index is 560. The zero-order valence-corrected chi connectivity index (χ0v) is 18.9. The minimum Gasteiger partial charge on any atom is -0.383 e. The molecule has 150 valence electrons. The van der Waals surface area contributed by atoms with Crippen LogP contribution in [0.25, 0.3) is 0 Å². The Labute approximate surface area is 174 Å². The molecule has 1 aliphatic rings. The Morgan fingerprint density at radius 2 is 2.19 bits per heavy atom. The van der Waals surface area contributed by atoms with Crippen LogP contribution in [0.4, 0.5) is 0 Å². The van der Waals surface area contributed by atoms with Crippen molar-refractivity contribution in [1.82, 2.24) is 25.3 Å². The van der Waals surface area contributed by atoms with Gasteiger partial charge in [0.15, 0.2) is 5.96 Å². The molecule has 0 amide bonds. The number of aliphatic imine (C=N–C) groups is 1. The minimum atomic E-state index is -1.03. The second-order valence-corrected chi connectivity index (χ2v) is 7.21. The number of nitrogens with zero attached hydrogens (tertiary/aromatic N) is 4. The Hall–Kier alpha value is -0.870. The van der Waals surface area contributed by atoms with Gasteiger partial charge in [-0.15, -0.1) is 24.0 Å². The van der Waals surface area contributed by atoms with Crippen molar-refractivity contribution in [2.75, 3.05) is 39.3 Å². The molecule has 0 bridgehead atoms. The molecule has 2 heterocycles. The van der Waals surface area contributed by atoms with Gasteiger partial charge in [-0.2, -0.15) is 5.10 Å². The van der Waals surface area contributed by atoms with E-state index in [0.717, 1.165) is 31.2 Å². The summed E-state index contributed by atoms with van der Waals surface area (Å²) in [7, 11) is 1.85. The Morgan fingerprint density at radius 3 is 2.81 bits per heavy atom. The van der Waals surface area contributed by atoms with E-state index in [0.29, 0.717) is 12.5 Å². The standard InChI is InChI=1S/C18H34N6O.HI/c1-5-8-24-9-7-15(12-24)10-20-17(19-6-2)21-14-18(3,25)16-11-22-23(4)13-16;/h11,13,15,25H,5-10,12,14H2,1-4H3,(H2,19,20,21);1H. The number of aryl methyl sites for hydroxylation is 1. The molecule has 0 spiro atoms. The summed E-state index contributed by atoms with van der Waals surface area (Å²) >= 11 is 0. The molecule has 0 aromatic carbocycles. The second kappa shape index (κ2) is 11.1. The molecule has 2 unspecified atom stereocenters. The molecule has 3 N–H and O–H groups in total. The molecule has 0 aliphatic carbocycles. The molecular formula is C18H35IN6O. The average Bonchev–Trinajstić information content (AvgIpc) is 3.20. The van der Waals surface area contributed by atoms with Crippen LogP contribution in [0.15, 0.2) is 17.4 Å². The van der Waals surface area contributed by atoms with Crippen molar-refractivity contribution in [1.29, 1.82) is 0 Å². The smallest absolute Gasteiger partial charge is 0.191 e. The van der Waals surface area contributed by atoms with Crippen molar-refractivity contribution in [3.63, 3.8) is 0 Å². The summed E-state index contributed by atoms with van der Waals surface area (Å²) in [6.07, 6.45) is 5.97. The van der Waals surface area contributed by atoms with E-state index in [2.05, 4.69) is 39.5 Å². The lowest BCUT2D eigenvalue weighted by atomic mass is 10.0. The first-order valence-corrected chi connectivity index (χ1v) is 9.40. The maximum atomic E-state index is 10.7. The molecule has 1 fully saturated rings. The first kappa shape index (κ1) is 23.2. The van der Waals surface area contributed by atoms with Crippen molar-refractivity contribution in [3.05, 3.63) is 18.0 Å². The number of nitrogens with one attached hydrogen (secondary N) is 2. The van der Waals surface area contributed by atoms with Crippen molar-refractivity contribution >= 4 is 29.9 Å². The minimum absolute atomic E-state index is 0. The summed E-state index contributed by atoms with van der Waals surface area (Å²) in [6.45, 7) is 11.6. The van der Waals surface area contributed by atoms with Crippen LogP contribution in [0.1, 0.15) is 39.2 Å². The summed E-state index contributed by atoms with van der Waals surface area (Å²) in [6, 6.07) is 0. The van der Waals surface area contributed by atoms with Crippen molar-refractivity contribution in [2.45, 2.75) is 39.2 Å². The molecule has 2 atom stereocenters. The van der Waals surface area contributed by atoms with Gasteiger partial charge in [0.2, 0.25) is 0 Å². The fourth-order valence-electron chi connectivity index (χ4n) is 3.21. The van der Waals surface area contributed by atoms with Crippen LogP contribution in [0.5, 0.6) is 0 Å². The number of likely N-dealkylation sites (tertiary alicyclic amines) is 1. The second-order valence-electron chi connectivity index (χ2n) is 7.21. The van der Waals surface area contributed by atoms with Gasteiger partial charge < -0.3 is 20.6 Å². The molecule has 2 rings (SSSR count). The first-order chi connectivity index (χ1) is 11.9. The number of halogens is 1. The lowest BCUT2D eigenvalue weighted by molar-refractivity contribution is 0.0671. The molecule has 0 radical (unpaired) electrons. The normalized spacial score (nSPS) is 20.5. The Kier molecular flexibility index (Phi) is 9.88. The Balaban J connectivity index is 0.00000338. The van der Waals surface area contributed by atoms with Gasteiger partial charge in [-0.25, -0.2) is 4.99 Å². The monoisotopic (exact) mass is 478 g/mol. The molecule has 8 heteroatoms. The van der Waals surface area contributed by atoms with E-state index in [1.807, 2.05) is 13.2 Å². The van der Waals surface area contributed by atoms with E-state index in [1.54, 1.807) is 17.8 Å². The lowest BCUT2D eigenvalue weighted by Gasteiger charge is -2.21. The van der Waals surface area contributed by atoms with E-state index in [-0.39, 0.29) is 24.0 Å². The largest absolute Gasteiger partial charge is 0.383 e. The highest BCUT2D eigenvalue weighted by Gasteiger charge is 2.25. The summed E-state index contributed by atoms with van der Waals surface area (Å²) in [5.74, 6) is 1.43. The highest BCUT2D eigenvalue weighted by Crippen LogP contribution is 2.20. The molecule has 1 aromatic rings. The van der Waals surface area contributed by atoms with Gasteiger partial charge in [0.1, 0.15) is 5.60 Å². The SMILES string of the molecule is CCCN1CCC(CNC(=NCC(C)(O)c2cnn(C)c2)NCC)C1.I. The van der Waals surface area contributed by atoms with Gasteiger partial charge in [-0.05, 0) is 45.7 Å². The molecule has 1 aromatic heterocycles. The third-order valence-corrected chi connectivity index (χ3v) is 4.68. The van der Waals surface area contributed by atoms with Crippen LogP contribution < -0.4 is 10.6 Å². The molecule has 1 aliphatic heterocycles. The van der Waals surface area contributed by atoms with Gasteiger partial charge in [-0.3, -0.25) is 4.68 Å². The highest BCUT2D eigenvalue weighted by atomic mass is 127. The third-order valence-electron chi connectivity index (χ3n) is 4.68. The molecule has 26 heavy (non-hydrogen) atoms. The zero-order chi connectivity index (χ0) is 18.3. The maximum Gasteiger partial charge on any atom is 0.191 e. The van der Waals surface area contributed by atoms with E-state index in [4.69, 9.17) is 0 Å².